The fraction of sp³-hybridized carbons (Fsp3) is 0. The Bertz CT molecular complexity index is 13.5. The van der Waals surface area contributed by atoms with Gasteiger partial charge in [-0.1, -0.05) is 0 Å². The van der Waals surface area contributed by atoms with E-state index < -0.39 is 0 Å². The molecule has 1 N–H and O–H groups in total. The second kappa shape index (κ2) is 11.8. The van der Waals surface area contributed by atoms with Gasteiger partial charge in [0, 0.05) is 18.0 Å². The van der Waals surface area contributed by atoms with E-state index in [1.807, 2.05) is 0 Å². The van der Waals surface area contributed by atoms with Crippen LogP contribution < -0.4 is 0 Å². The molecule has 0 heterocycles. The van der Waals surface area contributed by atoms with Gasteiger partial charge in [0.1, 0.15) is 0 Å². The van der Waals surface area contributed by atoms with E-state index >= 15 is 0 Å². The fourth-order valence-corrected chi connectivity index (χ4v) is 0. The zero-order valence-corrected chi connectivity index (χ0v) is 3.76. The van der Waals surface area contributed by atoms with Gasteiger partial charge in [0.05, 0.1) is 0 Å². The Morgan fingerprint density at radius 1 is 1.75 bits per heavy atom. The summed E-state index contributed by atoms with van der Waals surface area (Å²) in [5.74, 6) is 0. The van der Waals surface area contributed by atoms with Crippen LogP contribution in [0.1, 0.15) is 0 Å². The number of hydrogen-bond acceptors (Lipinski definition) is 1. The Labute approximate surface area is 35.1 Å². The van der Waals surface area contributed by atoms with E-state index in [0.29, 0.717) is 0 Å². The van der Waals surface area contributed by atoms with Crippen molar-refractivity contribution >= 4 is 24.4 Å². The van der Waals surface area contributed by atoms with Crippen molar-refractivity contribution in [2.45, 2.75) is 0 Å². The molecule has 0 aromatic rings. The van der Waals surface area contributed by atoms with Gasteiger partial charge in [-0.2, -0.15) is 0 Å². The predicted octanol–water partition coefficient (Wildman–Crippen LogP) is -0.680. The minimum atomic E-state index is -0.250. The molecule has 0 saturated heterocycles. The Balaban J connectivity index is 0. The predicted molar refractivity (Wildman–Crippen MR) is 14.4 cm³/mol. The maximum atomic E-state index is 8.36. The van der Waals surface area contributed by atoms with E-state index in [4.69, 9.17) is 9.90 Å². The van der Waals surface area contributed by atoms with Crippen molar-refractivity contribution in [2.75, 3.05) is 0 Å². The molecule has 3 radical (unpaired) electrons. The van der Waals surface area contributed by atoms with E-state index in [9.17, 15) is 0 Å². The van der Waals surface area contributed by atoms with E-state index in [0.717, 1.165) is 0 Å². The average molecular weight is 121 g/mol. The normalized spacial score (nSPS) is 3.00. The fourth-order valence-electron chi connectivity index (χ4n) is 0. The minimum absolute atomic E-state index is 0. The molecule has 0 aromatic carbocycles. The molecule has 0 aliphatic rings. The zero-order chi connectivity index (χ0) is 2.71. The number of hydrogen-bond donors (Lipinski definition) is 1. The van der Waals surface area contributed by atoms with Crippen molar-refractivity contribution in [3.8, 4) is 0 Å². The summed E-state index contributed by atoms with van der Waals surface area (Å²) in [5.41, 5.74) is 0. The first-order chi connectivity index (χ1) is 1.41. The van der Waals surface area contributed by atoms with Crippen LogP contribution in [0.25, 0.3) is 0 Å². The van der Waals surface area contributed by atoms with Crippen molar-refractivity contribution < 1.29 is 9.90 Å². The van der Waals surface area contributed by atoms with Gasteiger partial charge in [-0.3, -0.25) is 4.79 Å². The van der Waals surface area contributed by atoms with Crippen LogP contribution in [0.3, 0.4) is 0 Å². The second-order valence-corrected chi connectivity index (χ2v) is 0.105. The Morgan fingerprint density at radius 3 is 1.75 bits per heavy atom. The number of carboxylic acid groups (broad SMARTS) is 1. The third-order valence-electron chi connectivity index (χ3n) is 0. The number of carbonyl (C=O) groups is 1. The first-order valence-corrected chi connectivity index (χ1v) is 0.494. The van der Waals surface area contributed by atoms with E-state index in [1.54, 1.807) is 0 Å². The molecule has 0 saturated carbocycles. The van der Waals surface area contributed by atoms with Gasteiger partial charge in [-0.15, -0.1) is 0 Å². The molecular formula is CH2AsO2. The largest absolute Gasteiger partial charge is 0.483 e. The van der Waals surface area contributed by atoms with Crippen LogP contribution in [0, 0.1) is 0 Å². The molecule has 0 amide bonds. The van der Waals surface area contributed by atoms with Gasteiger partial charge in [0.2, 0.25) is 0 Å². The van der Waals surface area contributed by atoms with Crippen LogP contribution >= 0.6 is 0 Å². The zero-order valence-electron chi connectivity index (χ0n) is 1.88. The number of rotatable bonds is 0. The molecule has 0 aliphatic heterocycles. The van der Waals surface area contributed by atoms with Gasteiger partial charge < -0.3 is 5.11 Å². The van der Waals surface area contributed by atoms with E-state index in [2.05, 4.69) is 0 Å². The standard InChI is InChI=1S/CH2O2.As/c2-1-3;/h1H,(H,2,3);. The minimum Gasteiger partial charge on any atom is -0.483 e. The van der Waals surface area contributed by atoms with Crippen molar-refractivity contribution in [1.29, 1.82) is 0 Å². The van der Waals surface area contributed by atoms with Crippen LogP contribution in [0.2, 0.25) is 0 Å². The van der Waals surface area contributed by atoms with Crippen LogP contribution in [0.5, 0.6) is 0 Å². The van der Waals surface area contributed by atoms with Gasteiger partial charge in [-0.05, 0) is 0 Å². The molecule has 4 heavy (non-hydrogen) atoms. The maximum absolute atomic E-state index is 8.36. The summed E-state index contributed by atoms with van der Waals surface area (Å²) in [6.45, 7) is -0.250. The molecule has 0 fully saturated rings. The summed E-state index contributed by atoms with van der Waals surface area (Å²) in [7, 11) is 0. The second-order valence-electron chi connectivity index (χ2n) is 0.105. The topological polar surface area (TPSA) is 37.3 Å². The van der Waals surface area contributed by atoms with Crippen LogP contribution in [0.4, 0.5) is 0 Å². The monoisotopic (exact) mass is 121 g/mol. The third-order valence-corrected chi connectivity index (χ3v) is 0. The van der Waals surface area contributed by atoms with Crippen molar-refractivity contribution in [3.63, 3.8) is 0 Å². The van der Waals surface area contributed by atoms with Gasteiger partial charge in [0.15, 0.2) is 0 Å². The quantitative estimate of drug-likeness (QED) is 0.340. The Morgan fingerprint density at radius 2 is 1.75 bits per heavy atom. The van der Waals surface area contributed by atoms with Crippen LogP contribution in [-0.2, 0) is 4.79 Å². The van der Waals surface area contributed by atoms with Crippen LogP contribution in [-0.4, -0.2) is 29.5 Å². The molecule has 0 aliphatic carbocycles. The molecule has 3 heteroatoms. The molecular weight excluding hydrogens is 119 g/mol. The molecule has 0 unspecified atom stereocenters. The van der Waals surface area contributed by atoms with Gasteiger partial charge >= 0.3 is 0 Å². The molecule has 0 atom stereocenters. The molecule has 2 nitrogen and oxygen atoms in total. The average Bonchev–Trinajstić information content (AvgIpc) is 0.918. The van der Waals surface area contributed by atoms with Crippen molar-refractivity contribution in [2.24, 2.45) is 0 Å². The summed E-state index contributed by atoms with van der Waals surface area (Å²) in [6.07, 6.45) is 0. The molecule has 0 spiro atoms. The summed E-state index contributed by atoms with van der Waals surface area (Å²) in [4.78, 5) is 8.36. The van der Waals surface area contributed by atoms with Crippen LogP contribution in [0.15, 0.2) is 0 Å². The van der Waals surface area contributed by atoms with Gasteiger partial charge in [0.25, 0.3) is 6.47 Å². The first-order valence-electron chi connectivity index (χ1n) is 0.494. The summed E-state index contributed by atoms with van der Waals surface area (Å²) < 4.78 is 0. The third kappa shape index (κ3) is 2650. The van der Waals surface area contributed by atoms with Crippen molar-refractivity contribution in [1.82, 2.24) is 0 Å². The molecule has 0 bridgehead atoms. The van der Waals surface area contributed by atoms with Crippen molar-refractivity contribution in [3.05, 3.63) is 0 Å². The SMILES string of the molecule is O=CO.[As]. The molecule has 23 valence electrons. The summed E-state index contributed by atoms with van der Waals surface area (Å²) >= 11 is 0. The summed E-state index contributed by atoms with van der Waals surface area (Å²) in [5, 5.41) is 6.89. The molecule has 0 rings (SSSR count). The van der Waals surface area contributed by atoms with E-state index in [1.165, 1.54) is 0 Å². The Hall–Kier alpha value is 0.0284. The van der Waals surface area contributed by atoms with Gasteiger partial charge in [-0.25, -0.2) is 0 Å². The first kappa shape index (κ1) is 8.98. The van der Waals surface area contributed by atoms with E-state index in [-0.39, 0.29) is 24.4 Å². The summed E-state index contributed by atoms with van der Waals surface area (Å²) in [6, 6.07) is 0. The smallest absolute Gasteiger partial charge is 0.290 e. The molecule has 0 aromatic heterocycles. The Kier molecular flexibility index (Phi) is 26.4. The maximum Gasteiger partial charge on any atom is 0.290 e.